The second-order valence-electron chi connectivity index (χ2n) is 18.5. The molecule has 2 N–H and O–H groups in total. The topological polar surface area (TPSA) is 191 Å². The number of anilines is 1. The van der Waals surface area contributed by atoms with E-state index in [1.807, 2.05) is 6.07 Å². The quantitative estimate of drug-likeness (QED) is 0.0981. The predicted octanol–water partition coefficient (Wildman–Crippen LogP) is 6.80. The highest BCUT2D eigenvalue weighted by atomic mass is 32.2. The third-order valence-corrected chi connectivity index (χ3v) is 15.3. The molecule has 1 aliphatic carbocycles. The van der Waals surface area contributed by atoms with Crippen molar-refractivity contribution in [1.82, 2.24) is 24.5 Å². The number of nitro groups is 1. The van der Waals surface area contributed by atoms with Gasteiger partial charge >= 0.3 is 5.69 Å². The second-order valence-corrected chi connectivity index (χ2v) is 20.1. The lowest BCUT2D eigenvalue weighted by atomic mass is 9.59. The molecule has 3 aromatic carbocycles. The molecule has 348 valence electrons. The SMILES string of the molecule is CC(C)c1ccccc1[C@@H]1COCCN1C1CC2(CCN(c3ccc(C(=O)NS(=O)(=O)c4cc5c(c([N+](=O)[O-])c4)O[C@H](CN4CCOCC4)CO5)c(Oc4cnc5[nH]ccc5c4)c3)CC2)C1. The number of pyridine rings is 1. The first-order chi connectivity index (χ1) is 31.9. The number of piperidine rings is 1. The lowest BCUT2D eigenvalue weighted by Gasteiger charge is -2.57. The molecule has 10 rings (SSSR count). The smallest absolute Gasteiger partial charge is 0.316 e. The largest absolute Gasteiger partial charge is 0.485 e. The van der Waals surface area contributed by atoms with Gasteiger partial charge in [0.25, 0.3) is 15.9 Å². The first kappa shape index (κ1) is 44.1. The van der Waals surface area contributed by atoms with E-state index in [1.165, 1.54) is 17.3 Å². The molecule has 1 spiro atoms. The number of aromatic nitrogens is 2. The number of morpholine rings is 2. The van der Waals surface area contributed by atoms with Gasteiger partial charge in [-0.05, 0) is 72.4 Å². The molecule has 1 amide bonds. The number of carbonyl (C=O) groups is 1. The molecular weight excluding hydrogens is 867 g/mol. The van der Waals surface area contributed by atoms with Crippen molar-refractivity contribution in [3.8, 4) is 23.0 Å². The van der Waals surface area contributed by atoms with Crippen LogP contribution in [0.5, 0.6) is 23.0 Å². The molecule has 66 heavy (non-hydrogen) atoms. The van der Waals surface area contributed by atoms with Crippen LogP contribution < -0.4 is 23.8 Å². The number of nitro benzene ring substituents is 1. The third-order valence-electron chi connectivity index (χ3n) is 14.0. The summed E-state index contributed by atoms with van der Waals surface area (Å²) in [6, 6.07) is 20.3. The van der Waals surface area contributed by atoms with Crippen molar-refractivity contribution >= 4 is 38.3 Å². The van der Waals surface area contributed by atoms with E-state index in [2.05, 4.69) is 67.5 Å². The lowest BCUT2D eigenvalue weighted by Crippen LogP contribution is -2.58. The fraction of sp³-hybridized carbons (Fsp3) is 0.458. The molecule has 18 heteroatoms. The molecule has 17 nitrogen and oxygen atoms in total. The summed E-state index contributed by atoms with van der Waals surface area (Å²) >= 11 is 0. The highest BCUT2D eigenvalue weighted by Crippen LogP contribution is 2.53. The Morgan fingerprint density at radius 3 is 2.56 bits per heavy atom. The molecule has 0 radical (unpaired) electrons. The van der Waals surface area contributed by atoms with Gasteiger partial charge < -0.3 is 33.6 Å². The maximum absolute atomic E-state index is 14.1. The summed E-state index contributed by atoms with van der Waals surface area (Å²) in [7, 11) is -4.68. The molecule has 3 saturated heterocycles. The summed E-state index contributed by atoms with van der Waals surface area (Å²) < 4.78 is 59.7. The maximum Gasteiger partial charge on any atom is 0.316 e. The minimum absolute atomic E-state index is 0.0508. The van der Waals surface area contributed by atoms with E-state index in [0.29, 0.717) is 62.8 Å². The summed E-state index contributed by atoms with van der Waals surface area (Å²) in [5, 5.41) is 13.1. The number of hydrogen-bond acceptors (Lipinski definition) is 14. The van der Waals surface area contributed by atoms with Gasteiger partial charge in [0.2, 0.25) is 5.75 Å². The second kappa shape index (κ2) is 18.1. The number of carbonyl (C=O) groups excluding carboxylic acids is 1. The van der Waals surface area contributed by atoms with Crippen LogP contribution in [0.4, 0.5) is 11.4 Å². The maximum atomic E-state index is 14.1. The van der Waals surface area contributed by atoms with Crippen molar-refractivity contribution in [1.29, 1.82) is 0 Å². The molecule has 0 bridgehead atoms. The van der Waals surface area contributed by atoms with E-state index in [1.54, 1.807) is 30.5 Å². The highest BCUT2D eigenvalue weighted by Gasteiger charge is 2.50. The average Bonchev–Trinajstić information content (AvgIpc) is 3.79. The Hall–Kier alpha value is -5.79. The first-order valence-corrected chi connectivity index (χ1v) is 24.3. The zero-order valence-corrected chi connectivity index (χ0v) is 38.0. The molecule has 0 unspecified atom stereocenters. The van der Waals surface area contributed by atoms with Crippen LogP contribution in [-0.4, -0.2) is 123 Å². The number of ether oxygens (including phenoxy) is 5. The van der Waals surface area contributed by atoms with Crippen molar-refractivity contribution in [3.05, 3.63) is 106 Å². The number of nitrogens with zero attached hydrogens (tertiary/aromatic N) is 5. The minimum atomic E-state index is -4.68. The Kier molecular flexibility index (Phi) is 12.1. The van der Waals surface area contributed by atoms with Gasteiger partial charge in [-0.3, -0.25) is 24.7 Å². The van der Waals surface area contributed by atoms with Gasteiger partial charge in [0.05, 0.1) is 54.0 Å². The molecule has 2 atom stereocenters. The molecular formula is C48H55N7O10S. The van der Waals surface area contributed by atoms with Gasteiger partial charge in [0.1, 0.15) is 29.9 Å². The highest BCUT2D eigenvalue weighted by molar-refractivity contribution is 7.90. The molecule has 4 fully saturated rings. The van der Waals surface area contributed by atoms with E-state index in [4.69, 9.17) is 23.7 Å². The van der Waals surface area contributed by atoms with E-state index >= 15 is 0 Å². The number of hydrogen-bond donors (Lipinski definition) is 2. The standard InChI is InChI=1S/C48H55N7O10S/c1-31(2)38-5-3-4-6-39(38)42-30-62-20-17-54(42)34-25-48(26-34)10-13-53(14-11-48)33-7-8-40(43(22-33)64-35-21-32-9-12-49-46(32)50-27-35)47(56)51-66(59,60)37-23-41(55(57)58)45-44(24-37)63-29-36(65-45)28-52-15-18-61-19-16-52/h3-9,12,21-24,27,31,34,36,42H,10-11,13-20,25-26,28-30H2,1-2H3,(H,49,50)(H,51,56)/t36-,42+/m1/s1. The van der Waals surface area contributed by atoms with Gasteiger partial charge in [0, 0.05) is 80.8 Å². The predicted molar refractivity (Wildman–Crippen MR) is 245 cm³/mol. The van der Waals surface area contributed by atoms with Crippen LogP contribution in [-0.2, 0) is 19.5 Å². The van der Waals surface area contributed by atoms with E-state index in [0.717, 1.165) is 75.1 Å². The number of amides is 1. The Morgan fingerprint density at radius 2 is 1.77 bits per heavy atom. The number of benzene rings is 3. The molecule has 4 aliphatic heterocycles. The van der Waals surface area contributed by atoms with Crippen molar-refractivity contribution in [2.75, 3.05) is 77.2 Å². The van der Waals surface area contributed by atoms with Crippen molar-refractivity contribution < 1.29 is 41.8 Å². The summed E-state index contributed by atoms with van der Waals surface area (Å²) in [6.07, 6.45) is 7.08. The number of aromatic amines is 1. The minimum Gasteiger partial charge on any atom is -0.485 e. The number of H-pyrrole nitrogens is 1. The summed E-state index contributed by atoms with van der Waals surface area (Å²) in [6.45, 7) is 11.5. The summed E-state index contributed by atoms with van der Waals surface area (Å²) in [5.41, 5.74) is 3.86. The molecule has 6 heterocycles. The monoisotopic (exact) mass is 921 g/mol. The van der Waals surface area contributed by atoms with Crippen LogP contribution in [0.15, 0.2) is 84.0 Å². The van der Waals surface area contributed by atoms with E-state index < -0.39 is 37.5 Å². The zero-order chi connectivity index (χ0) is 45.6. The zero-order valence-electron chi connectivity index (χ0n) is 37.1. The van der Waals surface area contributed by atoms with Crippen LogP contribution in [0, 0.1) is 15.5 Å². The first-order valence-electron chi connectivity index (χ1n) is 22.8. The Labute approximate surface area is 383 Å². The van der Waals surface area contributed by atoms with Gasteiger partial charge in [-0.15, -0.1) is 0 Å². The fourth-order valence-electron chi connectivity index (χ4n) is 10.4. The van der Waals surface area contributed by atoms with Crippen LogP contribution >= 0.6 is 0 Å². The Balaban J connectivity index is 0.854. The van der Waals surface area contributed by atoms with Crippen molar-refractivity contribution in [2.45, 2.75) is 68.5 Å². The number of fused-ring (bicyclic) bond motifs is 2. The van der Waals surface area contributed by atoms with E-state index in [9.17, 15) is 23.3 Å². The van der Waals surface area contributed by atoms with Crippen molar-refractivity contribution in [2.24, 2.45) is 5.41 Å². The van der Waals surface area contributed by atoms with Crippen LogP contribution in [0.1, 0.15) is 73.0 Å². The summed E-state index contributed by atoms with van der Waals surface area (Å²) in [5.74, 6) is -0.341. The number of sulfonamides is 1. The normalized spacial score (nSPS) is 21.5. The van der Waals surface area contributed by atoms with Gasteiger partial charge in [0.15, 0.2) is 5.75 Å². The fourth-order valence-corrected chi connectivity index (χ4v) is 11.4. The van der Waals surface area contributed by atoms with Crippen molar-refractivity contribution in [3.63, 3.8) is 0 Å². The van der Waals surface area contributed by atoms with Gasteiger partial charge in [-0.2, -0.15) is 0 Å². The summed E-state index contributed by atoms with van der Waals surface area (Å²) in [4.78, 5) is 39.7. The van der Waals surface area contributed by atoms with Crippen LogP contribution in [0.3, 0.4) is 0 Å². The van der Waals surface area contributed by atoms with Crippen LogP contribution in [0.25, 0.3) is 11.0 Å². The van der Waals surface area contributed by atoms with Crippen LogP contribution in [0.2, 0.25) is 0 Å². The van der Waals surface area contributed by atoms with Gasteiger partial charge in [-0.25, -0.2) is 18.1 Å². The molecule has 5 aromatic rings. The number of rotatable bonds is 12. The molecule has 5 aliphatic rings. The Morgan fingerprint density at radius 1 is 0.985 bits per heavy atom. The van der Waals surface area contributed by atoms with Gasteiger partial charge in [-0.1, -0.05) is 38.1 Å². The molecule has 1 saturated carbocycles. The lowest BCUT2D eigenvalue weighted by molar-refractivity contribution is -0.386. The Bertz CT molecular complexity index is 2720. The average molecular weight is 922 g/mol. The third kappa shape index (κ3) is 8.91. The number of nitrogens with one attached hydrogen (secondary N) is 2. The van der Waals surface area contributed by atoms with E-state index in [-0.39, 0.29) is 40.9 Å². The molecule has 2 aromatic heterocycles.